The van der Waals surface area contributed by atoms with Crippen LogP contribution in [0.2, 0.25) is 0 Å². The molecule has 3 aromatic heterocycles. The number of rotatable bonds is 22. The first-order valence-corrected chi connectivity index (χ1v) is 32.5. The smallest absolute Gasteiger partial charge is 0.276 e. The fourth-order valence-electron chi connectivity index (χ4n) is 9.96. The van der Waals surface area contributed by atoms with Crippen LogP contribution in [0.25, 0.3) is 0 Å². The van der Waals surface area contributed by atoms with Crippen LogP contribution in [0, 0.1) is 48.4 Å². The first-order valence-electron chi connectivity index (χ1n) is 31.6. The van der Waals surface area contributed by atoms with Gasteiger partial charge in [0.1, 0.15) is 18.1 Å². The van der Waals surface area contributed by atoms with Gasteiger partial charge in [0, 0.05) is 116 Å². The van der Waals surface area contributed by atoms with Crippen molar-refractivity contribution in [2.45, 2.75) is 190 Å². The van der Waals surface area contributed by atoms with E-state index in [1.807, 2.05) is 28.9 Å². The van der Waals surface area contributed by atoms with Crippen LogP contribution in [-0.2, 0) is 27.2 Å². The molecule has 0 radical (unpaired) electrons. The van der Waals surface area contributed by atoms with Crippen molar-refractivity contribution in [2.24, 2.45) is 11.3 Å². The van der Waals surface area contributed by atoms with E-state index in [9.17, 15) is 28.0 Å². The number of unbranched alkanes of at least 4 members (excludes halogenated alkanes) is 4. The Balaban J connectivity index is 0.000000445. The Morgan fingerprint density at radius 2 is 1.48 bits per heavy atom. The Kier molecular flexibility index (Phi) is 36.4. The third kappa shape index (κ3) is 26.6. The van der Waals surface area contributed by atoms with E-state index in [1.54, 1.807) is 60.4 Å². The monoisotopic (exact) mass is 1450 g/mol. The number of likely N-dealkylation sites (tertiary alicyclic amines) is 2. The third-order valence-electron chi connectivity index (χ3n) is 15.1. The minimum Gasteiger partial charge on any atom is -0.491 e. The zero-order chi connectivity index (χ0) is 62.9. The summed E-state index contributed by atoms with van der Waals surface area (Å²) in [4.78, 5) is 56.9. The summed E-state index contributed by atoms with van der Waals surface area (Å²) in [5.41, 5.74) is 3.76. The summed E-state index contributed by atoms with van der Waals surface area (Å²) in [5, 5.41) is 21.5. The normalized spacial score (nSPS) is 16.2. The minimum atomic E-state index is -2.96. The second-order valence-electron chi connectivity index (χ2n) is 23.9. The summed E-state index contributed by atoms with van der Waals surface area (Å²) < 4.78 is 43.2. The van der Waals surface area contributed by atoms with Gasteiger partial charge in [-0.25, -0.2) is 13.8 Å². The van der Waals surface area contributed by atoms with Gasteiger partial charge in [0.15, 0.2) is 5.69 Å². The van der Waals surface area contributed by atoms with Crippen molar-refractivity contribution in [1.29, 1.82) is 0 Å². The van der Waals surface area contributed by atoms with Crippen LogP contribution in [0.15, 0.2) is 77.9 Å². The molecule has 2 unspecified atom stereocenters. The van der Waals surface area contributed by atoms with Crippen molar-refractivity contribution in [3.63, 3.8) is 0 Å². The molecule has 0 bridgehead atoms. The molecule has 5 aromatic rings. The van der Waals surface area contributed by atoms with Crippen LogP contribution in [0.4, 0.5) is 14.5 Å². The van der Waals surface area contributed by atoms with Crippen LogP contribution < -0.4 is 20.7 Å². The molecule has 4 N–H and O–H groups in total. The predicted molar refractivity (Wildman–Crippen MR) is 343 cm³/mol. The Labute approximate surface area is 547 Å². The zero-order valence-electron chi connectivity index (χ0n) is 54.2. The first-order chi connectivity index (χ1) is 41.3. The van der Waals surface area contributed by atoms with Crippen molar-refractivity contribution >= 4 is 40.5 Å². The standard InChI is InChI=1S/C37H39F2N7O4S.C10H19N3O2.C7H16.C6H12.C4H9.C3H8.U/c1-36(2)17-30-29(16-37(36,38)39)32(44-43-30)35(48)42-27-18-41-46(21-27)33(24-7-4-3-5-8-24)26-19-45(20-26)11-12-49-13-14-50-28-10-6-9-25(15-28)34(47)31-22-51-23-40-31;1-8(11-2)10(15)12-7-9(14)13-5-3-4-6-13;1-3-5-7-6-4-2;1-2-4-6-5-3-1;1-4(2)3;1-3-2;/h3-10,15,18,21-23,26,33H,11-14,16-17,19-20H2,1-2H3,(H,42,48)(H,43,44);8,11H,3-7H2,1-2H3,(H,12,15);3-7H2,1-2H3;1-6H2;1-3H3;3H2,1-2H3;/q;;;;-1;;. The molecule has 2 aromatic carbocycles. The van der Waals surface area contributed by atoms with Gasteiger partial charge in [0.05, 0.1) is 49.2 Å². The number of H-pyrrole nitrogens is 1. The number of thiazole rings is 1. The fraction of sp³-hybridized carbons (Fsp3) is 0.612. The second-order valence-corrected chi connectivity index (χ2v) is 24.6. The number of nitrogens with zero attached hydrogens (tertiary/aromatic N) is 6. The van der Waals surface area contributed by atoms with Crippen LogP contribution >= 0.6 is 11.3 Å². The quantitative estimate of drug-likeness (QED) is 0.0293. The van der Waals surface area contributed by atoms with Gasteiger partial charge in [-0.2, -0.15) is 31.0 Å². The van der Waals surface area contributed by atoms with E-state index in [-0.39, 0.29) is 90.9 Å². The predicted octanol–water partition coefficient (Wildman–Crippen LogP) is 13.6. The summed E-state index contributed by atoms with van der Waals surface area (Å²) in [6.07, 6.45) is 22.3. The Hall–Kier alpha value is -4.84. The van der Waals surface area contributed by atoms with Gasteiger partial charge in [-0.05, 0) is 44.5 Å². The molecule has 87 heavy (non-hydrogen) atoms. The maximum absolute atomic E-state index is 14.8. The molecule has 2 saturated heterocycles. The number of ketones is 1. The van der Waals surface area contributed by atoms with Crippen molar-refractivity contribution in [1.82, 2.24) is 45.4 Å². The zero-order valence-corrected chi connectivity index (χ0v) is 59.2. The van der Waals surface area contributed by atoms with Crippen molar-refractivity contribution in [2.75, 3.05) is 71.5 Å². The van der Waals surface area contributed by atoms with Gasteiger partial charge in [0.2, 0.25) is 17.6 Å². The average Bonchev–Trinajstić information content (AvgIpc) is 2.03. The molecule has 2 aliphatic carbocycles. The maximum Gasteiger partial charge on any atom is 0.276 e. The van der Waals surface area contributed by atoms with Gasteiger partial charge in [0.25, 0.3) is 11.8 Å². The number of anilines is 1. The van der Waals surface area contributed by atoms with E-state index < -0.39 is 23.7 Å². The number of benzene rings is 2. The van der Waals surface area contributed by atoms with Crippen LogP contribution in [0.5, 0.6) is 5.75 Å². The number of carbonyl (C=O) groups is 4. The summed E-state index contributed by atoms with van der Waals surface area (Å²) in [5.74, 6) is -1.47. The van der Waals surface area contributed by atoms with Crippen molar-refractivity contribution in [3.8, 4) is 5.75 Å². The molecule has 0 spiro atoms. The number of amides is 3. The molecule has 1 saturated carbocycles. The summed E-state index contributed by atoms with van der Waals surface area (Å²) in [6, 6.07) is 16.8. The number of fused-ring (bicyclic) bond motifs is 1. The van der Waals surface area contributed by atoms with E-state index in [2.05, 4.69) is 102 Å². The number of nitrogens with one attached hydrogen (secondary N) is 4. The molecular formula is C67H103F2N10O6SU-. The molecule has 4 aliphatic rings. The molecule has 3 fully saturated rings. The van der Waals surface area contributed by atoms with Crippen LogP contribution in [0.3, 0.4) is 0 Å². The number of hydrogen-bond acceptors (Lipinski definition) is 12. The van der Waals surface area contributed by atoms with E-state index in [4.69, 9.17) is 9.47 Å². The topological polar surface area (TPSA) is 189 Å². The number of likely N-dealkylation sites (N-methyl/N-ethyl adjacent to an activating group) is 1. The summed E-state index contributed by atoms with van der Waals surface area (Å²) in [7, 11) is 1.71. The van der Waals surface area contributed by atoms with Crippen LogP contribution in [0.1, 0.15) is 209 Å². The van der Waals surface area contributed by atoms with Crippen molar-refractivity contribution < 1.29 is 68.5 Å². The summed E-state index contributed by atoms with van der Waals surface area (Å²) in [6.45, 7) is 25.3. The van der Waals surface area contributed by atoms with E-state index >= 15 is 0 Å². The van der Waals surface area contributed by atoms with Gasteiger partial charge < -0.3 is 41.1 Å². The molecule has 482 valence electrons. The maximum atomic E-state index is 14.8. The Bertz CT molecular complexity index is 2670. The number of alkyl halides is 2. The minimum absolute atomic E-state index is 0. The first kappa shape index (κ1) is 76.4. The van der Waals surface area contributed by atoms with Gasteiger partial charge in [-0.15, -0.1) is 11.3 Å². The third-order valence-corrected chi connectivity index (χ3v) is 15.7. The number of hydrogen-bond donors (Lipinski definition) is 4. The van der Waals surface area contributed by atoms with Crippen molar-refractivity contribution in [3.05, 3.63) is 118 Å². The molecule has 9 rings (SSSR count). The second kappa shape index (κ2) is 41.5. The Morgan fingerprint density at radius 3 is 2.07 bits per heavy atom. The number of ether oxygens (including phenoxy) is 2. The van der Waals surface area contributed by atoms with Gasteiger partial charge in [-0.3, -0.25) is 29.0 Å². The molecule has 2 atom stereocenters. The Morgan fingerprint density at radius 1 is 0.851 bits per heavy atom. The fourth-order valence-corrected chi connectivity index (χ4v) is 10.5. The molecule has 16 nitrogen and oxygen atoms in total. The number of aromatic nitrogens is 5. The molecule has 2 aliphatic heterocycles. The van der Waals surface area contributed by atoms with E-state index in [0.717, 1.165) is 51.1 Å². The SMILES string of the molecule is C1CCCCC1.CC1(C)Cc2[nH]nc(C(=O)Nc3cnn(C(c4ccccc4)C4CN(CCOCCOc5cccc(C(=O)c6cscn6)c5)C4)c3)c2CC1(F)F.CCC.CCCCCCC.CNC(C)C(=O)NCC(=O)N1CCCC1.C[C-](C)C.[U]. The molecule has 20 heteroatoms. The average molecular weight is 1450 g/mol. The van der Waals surface area contributed by atoms with Gasteiger partial charge in [-0.1, -0.05) is 161 Å². The summed E-state index contributed by atoms with van der Waals surface area (Å²) >= 11 is 1.38. The van der Waals surface area contributed by atoms with E-state index in [1.165, 1.54) is 108 Å². The molecular weight excluding hydrogens is 1350 g/mol. The van der Waals surface area contributed by atoms with E-state index in [0.29, 0.717) is 48.2 Å². The molecule has 3 amide bonds. The number of aromatic amines is 1. The van der Waals surface area contributed by atoms with Crippen LogP contribution in [-0.4, -0.2) is 136 Å². The number of carbonyl (C=O) groups excluding carboxylic acids is 4. The van der Waals surface area contributed by atoms with Gasteiger partial charge >= 0.3 is 0 Å². The largest absolute Gasteiger partial charge is 0.491 e. The molecule has 5 heterocycles. The number of halogens is 2.